The van der Waals surface area contributed by atoms with Gasteiger partial charge in [0.2, 0.25) is 0 Å². The van der Waals surface area contributed by atoms with Crippen LogP contribution in [0.4, 0.5) is 5.69 Å². The van der Waals surface area contributed by atoms with E-state index < -0.39 is 0 Å². The number of nitrogens with zero attached hydrogens (tertiary/aromatic N) is 1. The molecule has 1 aromatic heterocycles. The Balaban J connectivity index is 2.13. The van der Waals surface area contributed by atoms with E-state index in [0.717, 1.165) is 16.2 Å². The van der Waals surface area contributed by atoms with Gasteiger partial charge in [0.15, 0.2) is 0 Å². The molecule has 0 radical (unpaired) electrons. The van der Waals surface area contributed by atoms with Crippen molar-refractivity contribution in [2.24, 2.45) is 0 Å². The monoisotopic (exact) mass is 304 g/mol. The molecule has 2 rings (SSSR count). The normalized spacial score (nSPS) is 10.4. The first-order chi connectivity index (χ1) is 10.0. The predicted octanol–water partition coefficient (Wildman–Crippen LogP) is 3.31. The van der Waals surface area contributed by atoms with Crippen molar-refractivity contribution < 1.29 is 9.53 Å². The van der Waals surface area contributed by atoms with Gasteiger partial charge in [-0.1, -0.05) is 12.1 Å². The number of methoxy groups -OCH3 is 1. The first kappa shape index (κ1) is 15.4. The number of aryl methyl sites for hydroxylation is 1. The number of hydrogen-bond acceptors (Lipinski definition) is 4. The van der Waals surface area contributed by atoms with E-state index in [9.17, 15) is 4.79 Å². The van der Waals surface area contributed by atoms with Gasteiger partial charge >= 0.3 is 0 Å². The summed E-state index contributed by atoms with van der Waals surface area (Å²) in [5.41, 5.74) is 7.59. The maximum atomic E-state index is 12.5. The zero-order valence-electron chi connectivity index (χ0n) is 12.6. The summed E-state index contributed by atoms with van der Waals surface area (Å²) in [6.07, 6.45) is 0. The van der Waals surface area contributed by atoms with Crippen LogP contribution in [0.3, 0.4) is 0 Å². The second-order valence-electron chi connectivity index (χ2n) is 4.79. The number of benzene rings is 1. The van der Waals surface area contributed by atoms with Gasteiger partial charge in [-0.05, 0) is 37.6 Å². The average Bonchev–Trinajstić information content (AvgIpc) is 2.84. The molecule has 2 aromatic rings. The third kappa shape index (κ3) is 3.55. The fourth-order valence-corrected chi connectivity index (χ4v) is 2.94. The fourth-order valence-electron chi connectivity index (χ4n) is 2.04. The molecule has 0 saturated heterocycles. The summed E-state index contributed by atoms with van der Waals surface area (Å²) in [5, 5.41) is 0. The van der Waals surface area contributed by atoms with Gasteiger partial charge in [0, 0.05) is 23.7 Å². The maximum absolute atomic E-state index is 12.5. The molecular weight excluding hydrogens is 284 g/mol. The SMILES string of the molecule is CCN(Cc1ccc(OC)cc1)C(=O)c1cc(N)c(C)s1. The third-order valence-corrected chi connectivity index (χ3v) is 4.42. The van der Waals surface area contributed by atoms with Crippen molar-refractivity contribution in [2.45, 2.75) is 20.4 Å². The second kappa shape index (κ2) is 6.63. The number of rotatable bonds is 5. The van der Waals surface area contributed by atoms with Gasteiger partial charge in [-0.3, -0.25) is 4.79 Å². The summed E-state index contributed by atoms with van der Waals surface area (Å²) in [6.45, 7) is 5.14. The van der Waals surface area contributed by atoms with Crippen LogP contribution >= 0.6 is 11.3 Å². The molecule has 0 aliphatic rings. The minimum Gasteiger partial charge on any atom is -0.497 e. The lowest BCUT2D eigenvalue weighted by Gasteiger charge is -2.20. The van der Waals surface area contributed by atoms with Crippen LogP contribution in [0.1, 0.15) is 27.0 Å². The first-order valence-corrected chi connectivity index (χ1v) is 7.65. The van der Waals surface area contributed by atoms with Gasteiger partial charge in [-0.2, -0.15) is 0 Å². The summed E-state index contributed by atoms with van der Waals surface area (Å²) >= 11 is 1.45. The molecule has 0 aliphatic carbocycles. The van der Waals surface area contributed by atoms with Gasteiger partial charge < -0.3 is 15.4 Å². The Hall–Kier alpha value is -2.01. The first-order valence-electron chi connectivity index (χ1n) is 6.83. The Morgan fingerprint density at radius 2 is 2.00 bits per heavy atom. The van der Waals surface area contributed by atoms with Crippen molar-refractivity contribution in [2.75, 3.05) is 19.4 Å². The molecule has 2 N–H and O–H groups in total. The van der Waals surface area contributed by atoms with E-state index >= 15 is 0 Å². The molecule has 21 heavy (non-hydrogen) atoms. The van der Waals surface area contributed by atoms with Crippen LogP contribution in [0, 0.1) is 6.92 Å². The van der Waals surface area contributed by atoms with Crippen LogP contribution in [0.15, 0.2) is 30.3 Å². The summed E-state index contributed by atoms with van der Waals surface area (Å²) in [7, 11) is 1.64. The van der Waals surface area contributed by atoms with Crippen molar-refractivity contribution in [3.05, 3.63) is 45.6 Å². The zero-order valence-corrected chi connectivity index (χ0v) is 13.4. The van der Waals surface area contributed by atoms with Crippen LogP contribution < -0.4 is 10.5 Å². The number of hydrogen-bond donors (Lipinski definition) is 1. The maximum Gasteiger partial charge on any atom is 0.264 e. The number of amides is 1. The van der Waals surface area contributed by atoms with Gasteiger partial charge in [0.25, 0.3) is 5.91 Å². The van der Waals surface area contributed by atoms with Crippen molar-refractivity contribution in [1.82, 2.24) is 4.90 Å². The third-order valence-electron chi connectivity index (χ3n) is 3.37. The molecule has 0 saturated carbocycles. The van der Waals surface area contributed by atoms with Crippen LogP contribution in [0.5, 0.6) is 5.75 Å². The Bertz CT molecular complexity index is 600. The topological polar surface area (TPSA) is 55.6 Å². The van der Waals surface area contributed by atoms with Crippen LogP contribution in [0.25, 0.3) is 0 Å². The number of nitrogens with two attached hydrogens (primary N) is 1. The standard InChI is InChI=1S/C16H20N2O2S/c1-4-18(10-12-5-7-13(20-3)8-6-12)16(19)15-9-14(17)11(2)21-15/h5-9H,4,10,17H2,1-3H3. The number of thiophene rings is 1. The Kier molecular flexibility index (Phi) is 4.85. The van der Waals surface area contributed by atoms with Gasteiger partial charge in [0.05, 0.1) is 12.0 Å². The van der Waals surface area contributed by atoms with Gasteiger partial charge in [-0.15, -0.1) is 11.3 Å². The molecule has 1 amide bonds. The van der Waals surface area contributed by atoms with Crippen molar-refractivity contribution >= 4 is 22.9 Å². The Morgan fingerprint density at radius 1 is 1.33 bits per heavy atom. The summed E-state index contributed by atoms with van der Waals surface area (Å²) in [5.74, 6) is 0.841. The van der Waals surface area contributed by atoms with Crippen molar-refractivity contribution in [1.29, 1.82) is 0 Å². The predicted molar refractivity (Wildman–Crippen MR) is 86.9 cm³/mol. The summed E-state index contributed by atoms with van der Waals surface area (Å²) < 4.78 is 5.14. The number of ether oxygens (including phenoxy) is 1. The highest BCUT2D eigenvalue weighted by atomic mass is 32.1. The van der Waals surface area contributed by atoms with Crippen LogP contribution in [-0.4, -0.2) is 24.5 Å². The molecule has 0 bridgehead atoms. The highest BCUT2D eigenvalue weighted by Crippen LogP contribution is 2.25. The quantitative estimate of drug-likeness (QED) is 0.922. The highest BCUT2D eigenvalue weighted by molar-refractivity contribution is 7.14. The smallest absolute Gasteiger partial charge is 0.264 e. The van der Waals surface area contributed by atoms with Crippen molar-refractivity contribution in [3.63, 3.8) is 0 Å². The van der Waals surface area contributed by atoms with Crippen LogP contribution in [0.2, 0.25) is 0 Å². The largest absolute Gasteiger partial charge is 0.497 e. The molecule has 4 nitrogen and oxygen atoms in total. The number of carbonyl (C=O) groups is 1. The molecule has 1 heterocycles. The van der Waals surface area contributed by atoms with Gasteiger partial charge in [0.1, 0.15) is 5.75 Å². The lowest BCUT2D eigenvalue weighted by atomic mass is 10.2. The van der Waals surface area contributed by atoms with E-state index in [1.165, 1.54) is 11.3 Å². The molecule has 0 spiro atoms. The van der Waals surface area contributed by atoms with E-state index in [4.69, 9.17) is 10.5 Å². The van der Waals surface area contributed by atoms with Gasteiger partial charge in [-0.25, -0.2) is 0 Å². The van der Waals surface area contributed by atoms with Crippen LogP contribution in [-0.2, 0) is 6.54 Å². The molecule has 112 valence electrons. The lowest BCUT2D eigenvalue weighted by molar-refractivity contribution is 0.0757. The fraction of sp³-hybridized carbons (Fsp3) is 0.312. The number of anilines is 1. The summed E-state index contributed by atoms with van der Waals surface area (Å²) in [6, 6.07) is 9.52. The minimum atomic E-state index is 0.0260. The van der Waals surface area contributed by atoms with E-state index in [1.54, 1.807) is 13.2 Å². The molecule has 1 aromatic carbocycles. The lowest BCUT2D eigenvalue weighted by Crippen LogP contribution is -2.29. The number of nitrogen functional groups attached to an aromatic ring is 1. The van der Waals surface area contributed by atoms with E-state index in [-0.39, 0.29) is 5.91 Å². The van der Waals surface area contributed by atoms with Crippen molar-refractivity contribution in [3.8, 4) is 5.75 Å². The molecule has 5 heteroatoms. The second-order valence-corrected chi connectivity index (χ2v) is 6.05. The molecule has 0 unspecified atom stereocenters. The Morgan fingerprint density at radius 3 is 2.48 bits per heavy atom. The molecule has 0 atom stereocenters. The minimum absolute atomic E-state index is 0.0260. The average molecular weight is 304 g/mol. The molecule has 0 fully saturated rings. The molecular formula is C16H20N2O2S. The Labute approximate surface area is 129 Å². The number of carbonyl (C=O) groups excluding carboxylic acids is 1. The summed E-state index contributed by atoms with van der Waals surface area (Å²) in [4.78, 5) is 16.0. The van der Waals surface area contributed by atoms with E-state index in [1.807, 2.05) is 43.0 Å². The molecule has 0 aliphatic heterocycles. The zero-order chi connectivity index (χ0) is 15.4. The highest BCUT2D eigenvalue weighted by Gasteiger charge is 2.17. The van der Waals surface area contributed by atoms with E-state index in [0.29, 0.717) is 23.7 Å². The van der Waals surface area contributed by atoms with E-state index in [2.05, 4.69) is 0 Å².